The van der Waals surface area contributed by atoms with Crippen molar-refractivity contribution in [1.29, 1.82) is 0 Å². The smallest absolute Gasteiger partial charge is 0.232 e. The molecule has 0 unspecified atom stereocenters. The van der Waals surface area contributed by atoms with Crippen molar-refractivity contribution in [3.63, 3.8) is 0 Å². The minimum Gasteiger partial charge on any atom is -0.436 e. The molecular formula is C18H13ClN4O2. The number of carbonyl (C=O) groups excluding carboxylic acids is 1. The van der Waals surface area contributed by atoms with Crippen molar-refractivity contribution < 1.29 is 9.21 Å². The fourth-order valence-corrected chi connectivity index (χ4v) is 2.72. The molecule has 0 saturated heterocycles. The molecule has 2 N–H and O–H groups in total. The zero-order chi connectivity index (χ0) is 17.4. The molecule has 2 aromatic heterocycles. The second kappa shape index (κ2) is 6.07. The minimum atomic E-state index is 0.234. The molecular weight excluding hydrogens is 340 g/mol. The van der Waals surface area contributed by atoms with Gasteiger partial charge in [-0.05, 0) is 43.3 Å². The second-order valence-electron chi connectivity index (χ2n) is 5.55. The van der Waals surface area contributed by atoms with Gasteiger partial charge in [-0.3, -0.25) is 4.79 Å². The normalized spacial score (nSPS) is 12.0. The van der Waals surface area contributed by atoms with E-state index in [-0.39, 0.29) is 5.89 Å². The lowest BCUT2D eigenvalue weighted by molar-refractivity contribution is -0.103. The van der Waals surface area contributed by atoms with Crippen molar-refractivity contribution in [3.8, 4) is 0 Å². The van der Waals surface area contributed by atoms with Crippen LogP contribution in [0, 0.1) is 6.92 Å². The van der Waals surface area contributed by atoms with Gasteiger partial charge in [-0.15, -0.1) is 0 Å². The lowest BCUT2D eigenvalue weighted by Crippen LogP contribution is -1.93. The van der Waals surface area contributed by atoms with E-state index in [9.17, 15) is 4.79 Å². The molecule has 0 atom stereocenters. The Labute approximate surface area is 147 Å². The van der Waals surface area contributed by atoms with E-state index < -0.39 is 0 Å². The van der Waals surface area contributed by atoms with Gasteiger partial charge in [0.2, 0.25) is 5.89 Å². The molecule has 2 aromatic carbocycles. The largest absolute Gasteiger partial charge is 0.436 e. The van der Waals surface area contributed by atoms with Crippen LogP contribution in [0.2, 0.25) is 5.02 Å². The zero-order valence-corrected chi connectivity index (χ0v) is 14.0. The molecule has 0 spiro atoms. The number of H-pyrrole nitrogens is 1. The van der Waals surface area contributed by atoms with Gasteiger partial charge < -0.3 is 14.7 Å². The molecule has 0 saturated carbocycles. The van der Waals surface area contributed by atoms with Crippen molar-refractivity contribution in [2.75, 3.05) is 5.32 Å². The number of aromatic amines is 1. The molecule has 4 aromatic rings. The summed E-state index contributed by atoms with van der Waals surface area (Å²) in [5.74, 6) is 1.08. The summed E-state index contributed by atoms with van der Waals surface area (Å²) >= 11 is 5.95. The first-order chi connectivity index (χ1) is 12.1. The topological polar surface area (TPSA) is 83.8 Å². The van der Waals surface area contributed by atoms with Crippen molar-refractivity contribution in [1.82, 2.24) is 15.0 Å². The van der Waals surface area contributed by atoms with E-state index >= 15 is 0 Å². The fraction of sp³-hybridized carbons (Fsp3) is 0.0556. The first-order valence-electron chi connectivity index (χ1n) is 7.57. The quantitative estimate of drug-likeness (QED) is 0.422. The SMILES string of the molecule is Cc1nc2ccc(NC=C(C=O)c3nc4cc(Cl)ccc4o3)cc2[nH]1. The maximum Gasteiger partial charge on any atom is 0.232 e. The molecule has 0 fully saturated rings. The summed E-state index contributed by atoms with van der Waals surface area (Å²) < 4.78 is 5.61. The molecule has 25 heavy (non-hydrogen) atoms. The van der Waals surface area contributed by atoms with E-state index in [1.807, 2.05) is 25.1 Å². The van der Waals surface area contributed by atoms with Crippen LogP contribution in [0.25, 0.3) is 27.7 Å². The Morgan fingerprint density at radius 3 is 2.92 bits per heavy atom. The molecule has 0 aliphatic carbocycles. The Morgan fingerprint density at radius 1 is 1.20 bits per heavy atom. The van der Waals surface area contributed by atoms with Gasteiger partial charge in [0.15, 0.2) is 11.9 Å². The third-order valence-corrected chi connectivity index (χ3v) is 3.95. The molecule has 0 aliphatic rings. The fourth-order valence-electron chi connectivity index (χ4n) is 2.56. The standard InChI is InChI=1S/C18H13ClN4O2/c1-10-21-14-4-3-13(7-15(14)22-10)20-8-11(9-24)18-23-16-6-12(19)2-5-17(16)25-18/h2-9,20H,1H3,(H,21,22). The van der Waals surface area contributed by atoms with E-state index in [2.05, 4.69) is 20.3 Å². The van der Waals surface area contributed by atoms with Crippen LogP contribution >= 0.6 is 11.6 Å². The van der Waals surface area contributed by atoms with Crippen LogP contribution in [-0.4, -0.2) is 21.2 Å². The number of benzene rings is 2. The molecule has 0 aliphatic heterocycles. The summed E-state index contributed by atoms with van der Waals surface area (Å²) in [6.45, 7) is 1.90. The minimum absolute atomic E-state index is 0.234. The van der Waals surface area contributed by atoms with Crippen LogP contribution in [0.4, 0.5) is 5.69 Å². The van der Waals surface area contributed by atoms with Gasteiger partial charge in [0.05, 0.1) is 16.6 Å². The van der Waals surface area contributed by atoms with Gasteiger partial charge in [-0.1, -0.05) is 11.6 Å². The third-order valence-electron chi connectivity index (χ3n) is 3.72. The number of nitrogens with one attached hydrogen (secondary N) is 2. The summed E-state index contributed by atoms with van der Waals surface area (Å²) in [6.07, 6.45) is 2.25. The van der Waals surface area contributed by atoms with E-state index in [1.54, 1.807) is 24.4 Å². The van der Waals surface area contributed by atoms with Gasteiger partial charge >= 0.3 is 0 Å². The predicted molar refractivity (Wildman–Crippen MR) is 97.5 cm³/mol. The zero-order valence-electron chi connectivity index (χ0n) is 13.2. The van der Waals surface area contributed by atoms with Crippen LogP contribution in [0.15, 0.2) is 47.0 Å². The number of nitrogens with zero attached hydrogens (tertiary/aromatic N) is 2. The Kier molecular flexibility index (Phi) is 3.74. The highest BCUT2D eigenvalue weighted by Crippen LogP contribution is 2.23. The van der Waals surface area contributed by atoms with E-state index in [0.29, 0.717) is 28.0 Å². The molecule has 0 amide bonds. The summed E-state index contributed by atoms with van der Waals surface area (Å²) in [6, 6.07) is 10.8. The maximum atomic E-state index is 11.4. The van der Waals surface area contributed by atoms with Crippen LogP contribution in [0.3, 0.4) is 0 Å². The van der Waals surface area contributed by atoms with Crippen molar-refractivity contribution in [2.45, 2.75) is 6.92 Å². The maximum absolute atomic E-state index is 11.4. The number of rotatable bonds is 4. The van der Waals surface area contributed by atoms with Gasteiger partial charge in [-0.2, -0.15) is 0 Å². The second-order valence-corrected chi connectivity index (χ2v) is 5.98. The Morgan fingerprint density at radius 2 is 2.08 bits per heavy atom. The number of carbonyl (C=O) groups is 1. The van der Waals surface area contributed by atoms with E-state index in [1.165, 1.54) is 0 Å². The van der Waals surface area contributed by atoms with Gasteiger partial charge in [0, 0.05) is 16.9 Å². The van der Waals surface area contributed by atoms with E-state index in [0.717, 1.165) is 22.5 Å². The predicted octanol–water partition coefficient (Wildman–Crippen LogP) is 4.32. The summed E-state index contributed by atoms with van der Waals surface area (Å²) in [4.78, 5) is 23.3. The van der Waals surface area contributed by atoms with Crippen LogP contribution in [0.1, 0.15) is 11.7 Å². The number of hydrogen-bond donors (Lipinski definition) is 2. The number of aryl methyl sites for hydroxylation is 1. The van der Waals surface area contributed by atoms with Crippen LogP contribution < -0.4 is 5.32 Å². The average Bonchev–Trinajstić information content (AvgIpc) is 3.16. The number of anilines is 1. The van der Waals surface area contributed by atoms with Crippen molar-refractivity contribution in [2.24, 2.45) is 0 Å². The number of oxazole rings is 1. The number of imidazole rings is 1. The first kappa shape index (κ1) is 15.4. The number of hydrogen-bond acceptors (Lipinski definition) is 5. The lowest BCUT2D eigenvalue weighted by Gasteiger charge is -2.01. The molecule has 6 nitrogen and oxygen atoms in total. The van der Waals surface area contributed by atoms with Gasteiger partial charge in [0.1, 0.15) is 11.3 Å². The highest BCUT2D eigenvalue weighted by atomic mass is 35.5. The Hall–Kier alpha value is -3.12. The van der Waals surface area contributed by atoms with Crippen molar-refractivity contribution >= 4 is 51.3 Å². The van der Waals surface area contributed by atoms with Crippen molar-refractivity contribution in [3.05, 3.63) is 59.3 Å². The average molecular weight is 353 g/mol. The molecule has 0 radical (unpaired) electrons. The number of halogens is 1. The lowest BCUT2D eigenvalue weighted by atomic mass is 10.2. The highest BCUT2D eigenvalue weighted by molar-refractivity contribution is 6.31. The van der Waals surface area contributed by atoms with Crippen LogP contribution in [-0.2, 0) is 4.79 Å². The van der Waals surface area contributed by atoms with E-state index in [4.69, 9.17) is 16.0 Å². The van der Waals surface area contributed by atoms with Gasteiger partial charge in [-0.25, -0.2) is 9.97 Å². The number of aromatic nitrogens is 3. The number of allylic oxidation sites excluding steroid dienone is 1. The molecule has 0 bridgehead atoms. The molecule has 7 heteroatoms. The van der Waals surface area contributed by atoms with Gasteiger partial charge in [0.25, 0.3) is 0 Å². The monoisotopic (exact) mass is 352 g/mol. The Bertz CT molecular complexity index is 1130. The molecule has 124 valence electrons. The first-order valence-corrected chi connectivity index (χ1v) is 7.95. The highest BCUT2D eigenvalue weighted by Gasteiger charge is 2.11. The third kappa shape index (κ3) is 2.99. The summed E-state index contributed by atoms with van der Waals surface area (Å²) in [5, 5.41) is 3.64. The molecule has 2 heterocycles. The van der Waals surface area contributed by atoms with Crippen LogP contribution in [0.5, 0.6) is 0 Å². The summed E-state index contributed by atoms with van der Waals surface area (Å²) in [5.41, 5.74) is 4.09. The number of fused-ring (bicyclic) bond motifs is 2. The molecule has 4 rings (SSSR count). The Balaban J connectivity index is 1.65. The number of aldehydes is 1. The summed E-state index contributed by atoms with van der Waals surface area (Å²) in [7, 11) is 0.